The van der Waals surface area contributed by atoms with Crippen molar-refractivity contribution >= 4 is 17.4 Å². The molecule has 1 aliphatic rings. The van der Waals surface area contributed by atoms with Gasteiger partial charge in [-0.25, -0.2) is 0 Å². The fourth-order valence-electron chi connectivity index (χ4n) is 2.11. The monoisotopic (exact) mass is 247 g/mol. The third-order valence-corrected chi connectivity index (χ3v) is 4.14. The molecule has 1 saturated heterocycles. The lowest BCUT2D eigenvalue weighted by Crippen LogP contribution is -2.37. The quantitative estimate of drug-likeness (QED) is 0.868. The van der Waals surface area contributed by atoms with E-state index in [9.17, 15) is 5.26 Å². The molecule has 0 aliphatic carbocycles. The van der Waals surface area contributed by atoms with Crippen molar-refractivity contribution in [2.75, 3.05) is 23.7 Å². The van der Waals surface area contributed by atoms with Crippen molar-refractivity contribution in [1.29, 1.82) is 5.26 Å². The van der Waals surface area contributed by atoms with Gasteiger partial charge in [-0.1, -0.05) is 13.0 Å². The van der Waals surface area contributed by atoms with Gasteiger partial charge in [-0.05, 0) is 17.7 Å². The van der Waals surface area contributed by atoms with E-state index in [1.165, 1.54) is 0 Å². The topological polar surface area (TPSA) is 53.0 Å². The summed E-state index contributed by atoms with van der Waals surface area (Å²) >= 11 is 1.99. The van der Waals surface area contributed by atoms with E-state index >= 15 is 0 Å². The second-order valence-electron chi connectivity index (χ2n) is 4.29. The molecule has 90 valence electrons. The molecule has 17 heavy (non-hydrogen) atoms. The van der Waals surface area contributed by atoms with Gasteiger partial charge < -0.3 is 10.6 Å². The van der Waals surface area contributed by atoms with Crippen molar-refractivity contribution in [3.63, 3.8) is 0 Å². The maximum atomic E-state index is 9.21. The number of nitrogens with zero attached hydrogens (tertiary/aromatic N) is 2. The van der Waals surface area contributed by atoms with Gasteiger partial charge in [-0.2, -0.15) is 17.0 Å². The van der Waals surface area contributed by atoms with E-state index in [2.05, 4.69) is 17.9 Å². The number of rotatable bonds is 2. The molecule has 0 spiro atoms. The van der Waals surface area contributed by atoms with E-state index in [0.29, 0.717) is 11.8 Å². The Bertz CT molecular complexity index is 439. The number of anilines is 1. The molecule has 4 heteroatoms. The van der Waals surface area contributed by atoms with Crippen LogP contribution in [0, 0.1) is 11.3 Å². The Hall–Kier alpha value is -1.18. The van der Waals surface area contributed by atoms with Crippen molar-refractivity contribution in [1.82, 2.24) is 0 Å². The van der Waals surface area contributed by atoms with Crippen molar-refractivity contribution < 1.29 is 0 Å². The Balaban J connectivity index is 2.28. The fourth-order valence-corrected chi connectivity index (χ4v) is 3.13. The van der Waals surface area contributed by atoms with E-state index in [-0.39, 0.29) is 0 Å². The zero-order valence-corrected chi connectivity index (χ0v) is 10.8. The highest BCUT2D eigenvalue weighted by atomic mass is 32.2. The summed E-state index contributed by atoms with van der Waals surface area (Å²) in [6, 6.07) is 8.23. The van der Waals surface area contributed by atoms with Gasteiger partial charge in [0.15, 0.2) is 0 Å². The standard InChI is InChI=1S/C13H17N3S/c1-10-9-16(4-5-17-10)13-3-2-11(7-14)6-12(13)8-15/h2-3,6,10H,4-5,7,9,14H2,1H3. The molecule has 1 aromatic rings. The van der Waals surface area contributed by atoms with Gasteiger partial charge in [0, 0.05) is 30.6 Å². The summed E-state index contributed by atoms with van der Waals surface area (Å²) in [6.07, 6.45) is 0. The summed E-state index contributed by atoms with van der Waals surface area (Å²) in [6.45, 7) is 4.76. The molecule has 1 aromatic carbocycles. The zero-order chi connectivity index (χ0) is 12.3. The molecule has 2 rings (SSSR count). The second kappa shape index (κ2) is 5.44. The molecule has 1 heterocycles. The number of nitriles is 1. The molecule has 0 radical (unpaired) electrons. The first-order chi connectivity index (χ1) is 8.24. The van der Waals surface area contributed by atoms with Gasteiger partial charge in [0.1, 0.15) is 6.07 Å². The van der Waals surface area contributed by atoms with Gasteiger partial charge in [-0.3, -0.25) is 0 Å². The molecular formula is C13H17N3S. The van der Waals surface area contributed by atoms with Crippen LogP contribution in [-0.4, -0.2) is 24.1 Å². The maximum absolute atomic E-state index is 9.21. The van der Waals surface area contributed by atoms with Crippen molar-refractivity contribution in [2.24, 2.45) is 5.73 Å². The van der Waals surface area contributed by atoms with E-state index in [4.69, 9.17) is 5.73 Å². The predicted molar refractivity (Wildman–Crippen MR) is 73.2 cm³/mol. The minimum absolute atomic E-state index is 0.487. The molecule has 1 fully saturated rings. The number of benzene rings is 1. The minimum Gasteiger partial charge on any atom is -0.369 e. The van der Waals surface area contributed by atoms with Crippen LogP contribution in [-0.2, 0) is 6.54 Å². The van der Waals surface area contributed by atoms with Crippen LogP contribution in [0.5, 0.6) is 0 Å². The van der Waals surface area contributed by atoms with E-state index in [0.717, 1.165) is 35.7 Å². The van der Waals surface area contributed by atoms with Gasteiger partial charge in [0.2, 0.25) is 0 Å². The number of thioether (sulfide) groups is 1. The first-order valence-electron chi connectivity index (χ1n) is 5.84. The smallest absolute Gasteiger partial charge is 0.101 e. The first-order valence-corrected chi connectivity index (χ1v) is 6.89. The number of hydrogen-bond acceptors (Lipinski definition) is 4. The fraction of sp³-hybridized carbons (Fsp3) is 0.462. The van der Waals surface area contributed by atoms with Crippen LogP contribution in [0.1, 0.15) is 18.1 Å². The van der Waals surface area contributed by atoms with Crippen molar-refractivity contribution in [3.8, 4) is 6.07 Å². The second-order valence-corrected chi connectivity index (χ2v) is 5.84. The Morgan fingerprint density at radius 3 is 3.06 bits per heavy atom. The van der Waals surface area contributed by atoms with Gasteiger partial charge >= 0.3 is 0 Å². The zero-order valence-electron chi connectivity index (χ0n) is 10.0. The van der Waals surface area contributed by atoms with Gasteiger partial charge in [-0.15, -0.1) is 0 Å². The first kappa shape index (κ1) is 12.3. The summed E-state index contributed by atoms with van der Waals surface area (Å²) < 4.78 is 0. The Labute approximate surface area is 107 Å². The molecule has 1 aliphatic heterocycles. The summed E-state index contributed by atoms with van der Waals surface area (Å²) in [5, 5.41) is 9.84. The van der Waals surface area contributed by atoms with Crippen LogP contribution in [0.3, 0.4) is 0 Å². The van der Waals surface area contributed by atoms with Crippen LogP contribution >= 0.6 is 11.8 Å². The lowest BCUT2D eigenvalue weighted by atomic mass is 10.1. The van der Waals surface area contributed by atoms with E-state index in [1.54, 1.807) is 0 Å². The molecule has 3 nitrogen and oxygen atoms in total. The van der Waals surface area contributed by atoms with Crippen LogP contribution in [0.4, 0.5) is 5.69 Å². The Morgan fingerprint density at radius 2 is 2.41 bits per heavy atom. The molecule has 0 bridgehead atoms. The lowest BCUT2D eigenvalue weighted by Gasteiger charge is -2.33. The van der Waals surface area contributed by atoms with Crippen LogP contribution in [0.25, 0.3) is 0 Å². The maximum Gasteiger partial charge on any atom is 0.101 e. The SMILES string of the molecule is CC1CN(c2ccc(CN)cc2C#N)CCS1. The molecule has 1 atom stereocenters. The van der Waals surface area contributed by atoms with Crippen LogP contribution < -0.4 is 10.6 Å². The highest BCUT2D eigenvalue weighted by Crippen LogP contribution is 2.27. The summed E-state index contributed by atoms with van der Waals surface area (Å²) in [4.78, 5) is 2.31. The molecule has 0 aromatic heterocycles. The van der Waals surface area contributed by atoms with E-state index in [1.807, 2.05) is 30.0 Å². The third-order valence-electron chi connectivity index (χ3n) is 3.00. The molecule has 2 N–H and O–H groups in total. The molecule has 0 saturated carbocycles. The highest BCUT2D eigenvalue weighted by Gasteiger charge is 2.19. The van der Waals surface area contributed by atoms with E-state index < -0.39 is 0 Å². The summed E-state index contributed by atoms with van der Waals surface area (Å²) in [7, 11) is 0. The van der Waals surface area contributed by atoms with Crippen LogP contribution in [0.2, 0.25) is 0 Å². The largest absolute Gasteiger partial charge is 0.369 e. The van der Waals surface area contributed by atoms with Gasteiger partial charge in [0.05, 0.1) is 11.3 Å². The van der Waals surface area contributed by atoms with Crippen LogP contribution in [0.15, 0.2) is 18.2 Å². The van der Waals surface area contributed by atoms with Crippen molar-refractivity contribution in [3.05, 3.63) is 29.3 Å². The number of hydrogen-bond donors (Lipinski definition) is 1. The molecule has 1 unspecified atom stereocenters. The van der Waals surface area contributed by atoms with Crippen molar-refractivity contribution in [2.45, 2.75) is 18.7 Å². The lowest BCUT2D eigenvalue weighted by molar-refractivity contribution is 0.781. The average molecular weight is 247 g/mol. The average Bonchev–Trinajstić information content (AvgIpc) is 2.38. The predicted octanol–water partition coefficient (Wildman–Crippen LogP) is 1.96. The molecule has 0 amide bonds. The highest BCUT2D eigenvalue weighted by molar-refractivity contribution is 8.00. The third kappa shape index (κ3) is 2.74. The summed E-state index contributed by atoms with van der Waals surface area (Å²) in [5.41, 5.74) is 8.41. The Morgan fingerprint density at radius 1 is 1.59 bits per heavy atom. The van der Waals surface area contributed by atoms with Gasteiger partial charge in [0.25, 0.3) is 0 Å². The Kier molecular flexibility index (Phi) is 3.93. The number of nitrogens with two attached hydrogens (primary N) is 1. The molecular weight excluding hydrogens is 230 g/mol. The summed E-state index contributed by atoms with van der Waals surface area (Å²) in [5.74, 6) is 1.13. The normalized spacial score (nSPS) is 20.1. The minimum atomic E-state index is 0.487.